The predicted molar refractivity (Wildman–Crippen MR) is 54.2 cm³/mol. The van der Waals surface area contributed by atoms with E-state index >= 15 is 0 Å². The standard InChI is InChI=1S/C10H6ClF3N2/c1-4-6(12)3-2-5-7(4)15-10(9(13)14)16-8(5)11/h2-3,9H,1H3. The van der Waals surface area contributed by atoms with Crippen molar-refractivity contribution in [3.05, 3.63) is 34.5 Å². The highest BCUT2D eigenvalue weighted by Gasteiger charge is 2.16. The fourth-order valence-electron chi connectivity index (χ4n) is 1.38. The second kappa shape index (κ2) is 3.90. The molecule has 2 aromatic rings. The highest BCUT2D eigenvalue weighted by molar-refractivity contribution is 6.34. The molecule has 1 aromatic heterocycles. The lowest BCUT2D eigenvalue weighted by atomic mass is 10.1. The van der Waals surface area contributed by atoms with E-state index in [0.717, 1.165) is 0 Å². The summed E-state index contributed by atoms with van der Waals surface area (Å²) in [5.74, 6) is -1.20. The highest BCUT2D eigenvalue weighted by Crippen LogP contribution is 2.27. The van der Waals surface area contributed by atoms with Gasteiger partial charge >= 0.3 is 0 Å². The van der Waals surface area contributed by atoms with E-state index < -0.39 is 18.1 Å². The molecule has 0 fully saturated rings. The highest BCUT2D eigenvalue weighted by atomic mass is 35.5. The van der Waals surface area contributed by atoms with Crippen molar-refractivity contribution in [2.75, 3.05) is 0 Å². The van der Waals surface area contributed by atoms with Crippen LogP contribution in [-0.4, -0.2) is 9.97 Å². The molecule has 0 atom stereocenters. The van der Waals surface area contributed by atoms with Crippen LogP contribution in [0.1, 0.15) is 17.8 Å². The van der Waals surface area contributed by atoms with E-state index in [4.69, 9.17) is 11.6 Å². The first-order valence-electron chi connectivity index (χ1n) is 4.41. The summed E-state index contributed by atoms with van der Waals surface area (Å²) in [5, 5.41) is 0.272. The van der Waals surface area contributed by atoms with Crippen LogP contribution in [0.5, 0.6) is 0 Å². The second-order valence-corrected chi connectivity index (χ2v) is 3.60. The number of rotatable bonds is 1. The Bertz CT molecular complexity index is 557. The van der Waals surface area contributed by atoms with Crippen molar-refractivity contribution in [3.63, 3.8) is 0 Å². The molecule has 16 heavy (non-hydrogen) atoms. The van der Waals surface area contributed by atoms with Crippen LogP contribution < -0.4 is 0 Å². The van der Waals surface area contributed by atoms with Gasteiger partial charge in [-0.05, 0) is 19.1 Å². The molecular formula is C10H6ClF3N2. The van der Waals surface area contributed by atoms with Gasteiger partial charge in [-0.3, -0.25) is 0 Å². The third-order valence-corrected chi connectivity index (χ3v) is 2.51. The van der Waals surface area contributed by atoms with Gasteiger partial charge in [-0.15, -0.1) is 0 Å². The molecule has 0 saturated carbocycles. The number of aryl methyl sites for hydroxylation is 1. The summed E-state index contributed by atoms with van der Waals surface area (Å²) >= 11 is 5.72. The Hall–Kier alpha value is -1.36. The van der Waals surface area contributed by atoms with Gasteiger partial charge < -0.3 is 0 Å². The van der Waals surface area contributed by atoms with Crippen molar-refractivity contribution in [2.45, 2.75) is 13.3 Å². The van der Waals surface area contributed by atoms with E-state index in [2.05, 4.69) is 9.97 Å². The fourth-order valence-corrected chi connectivity index (χ4v) is 1.62. The van der Waals surface area contributed by atoms with E-state index in [1.807, 2.05) is 0 Å². The molecule has 0 spiro atoms. The Labute approximate surface area is 94.1 Å². The molecule has 0 unspecified atom stereocenters. The zero-order chi connectivity index (χ0) is 11.9. The average Bonchev–Trinajstić information content (AvgIpc) is 2.23. The molecule has 0 N–H and O–H groups in total. The van der Waals surface area contributed by atoms with Crippen molar-refractivity contribution in [3.8, 4) is 0 Å². The number of nitrogens with zero attached hydrogens (tertiary/aromatic N) is 2. The van der Waals surface area contributed by atoms with Crippen molar-refractivity contribution < 1.29 is 13.2 Å². The maximum Gasteiger partial charge on any atom is 0.297 e. The summed E-state index contributed by atoms with van der Waals surface area (Å²) in [6, 6.07) is 2.57. The minimum Gasteiger partial charge on any atom is -0.227 e. The summed E-state index contributed by atoms with van der Waals surface area (Å²) < 4.78 is 38.1. The van der Waals surface area contributed by atoms with Gasteiger partial charge in [0, 0.05) is 10.9 Å². The van der Waals surface area contributed by atoms with Gasteiger partial charge in [0.2, 0.25) is 0 Å². The molecule has 0 amide bonds. The molecule has 6 heteroatoms. The third-order valence-electron chi connectivity index (χ3n) is 2.22. The van der Waals surface area contributed by atoms with Crippen LogP contribution in [0.4, 0.5) is 13.2 Å². The van der Waals surface area contributed by atoms with Gasteiger partial charge in [0.25, 0.3) is 6.43 Å². The van der Waals surface area contributed by atoms with Gasteiger partial charge in [-0.1, -0.05) is 11.6 Å². The van der Waals surface area contributed by atoms with Crippen LogP contribution in [0.25, 0.3) is 10.9 Å². The lowest BCUT2D eigenvalue weighted by Crippen LogP contribution is -1.99. The SMILES string of the molecule is Cc1c(F)ccc2c(Cl)nc(C(F)F)nc12. The van der Waals surface area contributed by atoms with E-state index in [-0.39, 0.29) is 16.2 Å². The Balaban J connectivity index is 2.83. The fraction of sp³-hybridized carbons (Fsp3) is 0.200. The minimum absolute atomic E-state index is 0.0941. The topological polar surface area (TPSA) is 25.8 Å². The van der Waals surface area contributed by atoms with Gasteiger partial charge in [0.1, 0.15) is 11.0 Å². The van der Waals surface area contributed by atoms with Gasteiger partial charge in [-0.2, -0.15) is 0 Å². The van der Waals surface area contributed by atoms with Gasteiger partial charge in [0.15, 0.2) is 5.82 Å². The van der Waals surface area contributed by atoms with E-state index in [1.165, 1.54) is 19.1 Å². The number of aromatic nitrogens is 2. The van der Waals surface area contributed by atoms with Crippen LogP contribution in [0.2, 0.25) is 5.15 Å². The Morgan fingerprint density at radius 3 is 2.56 bits per heavy atom. The molecule has 1 aromatic carbocycles. The van der Waals surface area contributed by atoms with E-state index in [1.54, 1.807) is 0 Å². The quantitative estimate of drug-likeness (QED) is 0.718. The molecular weight excluding hydrogens is 241 g/mol. The van der Waals surface area contributed by atoms with Crippen LogP contribution >= 0.6 is 11.6 Å². The van der Waals surface area contributed by atoms with E-state index in [0.29, 0.717) is 5.39 Å². The number of alkyl halides is 2. The lowest BCUT2D eigenvalue weighted by molar-refractivity contribution is 0.141. The average molecular weight is 247 g/mol. The number of fused-ring (bicyclic) bond motifs is 1. The molecule has 0 saturated heterocycles. The first-order valence-corrected chi connectivity index (χ1v) is 4.79. The number of halogens is 4. The molecule has 0 radical (unpaired) electrons. The van der Waals surface area contributed by atoms with Crippen LogP contribution in [-0.2, 0) is 0 Å². The summed E-state index contributed by atoms with van der Waals surface area (Å²) in [4.78, 5) is 7.06. The minimum atomic E-state index is -2.83. The zero-order valence-corrected chi connectivity index (χ0v) is 8.89. The first kappa shape index (κ1) is 11.1. The summed E-state index contributed by atoms with van der Waals surface area (Å²) in [7, 11) is 0. The van der Waals surface area contributed by atoms with Crippen molar-refractivity contribution in [1.29, 1.82) is 0 Å². The van der Waals surface area contributed by atoms with Crippen molar-refractivity contribution in [2.24, 2.45) is 0 Å². The summed E-state index contributed by atoms with van der Waals surface area (Å²) in [6.45, 7) is 1.45. The molecule has 0 aliphatic carbocycles. The molecule has 2 rings (SSSR count). The van der Waals surface area contributed by atoms with E-state index in [9.17, 15) is 13.2 Å². The second-order valence-electron chi connectivity index (χ2n) is 3.24. The van der Waals surface area contributed by atoms with Crippen LogP contribution in [0, 0.1) is 12.7 Å². The predicted octanol–water partition coefficient (Wildman–Crippen LogP) is 3.67. The van der Waals surface area contributed by atoms with Gasteiger partial charge in [-0.25, -0.2) is 23.1 Å². The number of benzene rings is 1. The van der Waals surface area contributed by atoms with Crippen molar-refractivity contribution >= 4 is 22.5 Å². The van der Waals surface area contributed by atoms with Crippen LogP contribution in [0.3, 0.4) is 0 Å². The Morgan fingerprint density at radius 1 is 1.25 bits per heavy atom. The zero-order valence-electron chi connectivity index (χ0n) is 8.14. The largest absolute Gasteiger partial charge is 0.297 e. The summed E-state index contributed by atoms with van der Waals surface area (Å²) in [5.41, 5.74) is 0.305. The Kier molecular flexibility index (Phi) is 2.71. The molecule has 0 aliphatic rings. The molecule has 0 aliphatic heterocycles. The third kappa shape index (κ3) is 1.71. The first-order chi connectivity index (χ1) is 7.50. The lowest BCUT2D eigenvalue weighted by Gasteiger charge is -2.06. The molecule has 2 nitrogen and oxygen atoms in total. The Morgan fingerprint density at radius 2 is 1.94 bits per heavy atom. The molecule has 0 bridgehead atoms. The normalized spacial score (nSPS) is 11.4. The molecule has 1 heterocycles. The maximum absolute atomic E-state index is 13.2. The maximum atomic E-state index is 13.2. The number of hydrogen-bond acceptors (Lipinski definition) is 2. The van der Waals surface area contributed by atoms with Gasteiger partial charge in [0.05, 0.1) is 5.52 Å². The van der Waals surface area contributed by atoms with Crippen molar-refractivity contribution in [1.82, 2.24) is 9.97 Å². The summed E-state index contributed by atoms with van der Waals surface area (Å²) in [6.07, 6.45) is -2.83. The van der Waals surface area contributed by atoms with Crippen LogP contribution in [0.15, 0.2) is 12.1 Å². The monoisotopic (exact) mass is 246 g/mol. The smallest absolute Gasteiger partial charge is 0.227 e. The number of hydrogen-bond donors (Lipinski definition) is 0. The molecule has 84 valence electrons.